The van der Waals surface area contributed by atoms with E-state index in [0.717, 1.165) is 34.6 Å². The first-order valence-electron chi connectivity index (χ1n) is 7.66. The van der Waals surface area contributed by atoms with Crippen LogP contribution in [-0.2, 0) is 4.33 Å². The Morgan fingerprint density at radius 1 is 0.840 bits per heavy atom. The Morgan fingerprint density at radius 2 is 1.60 bits per heavy atom. The highest BCUT2D eigenvalue weighted by molar-refractivity contribution is 7.95. The summed E-state index contributed by atoms with van der Waals surface area (Å²) in [6, 6.07) is 24.7. The number of hydrogen-bond acceptors (Lipinski definition) is 6. The molecule has 0 amide bonds. The van der Waals surface area contributed by atoms with Crippen LogP contribution in [0, 0.1) is 0 Å². The van der Waals surface area contributed by atoms with E-state index in [1.54, 1.807) is 0 Å². The van der Waals surface area contributed by atoms with Crippen LogP contribution in [0.5, 0.6) is 5.75 Å². The molecule has 4 aromatic rings. The molecule has 0 spiro atoms. The number of rotatable bonds is 6. The summed E-state index contributed by atoms with van der Waals surface area (Å²) >= 11 is 0.975. The van der Waals surface area contributed by atoms with Gasteiger partial charge in [-0.25, -0.2) is 4.98 Å². The zero-order valence-corrected chi connectivity index (χ0v) is 13.9. The van der Waals surface area contributed by atoms with Crippen LogP contribution in [0.4, 0.5) is 5.69 Å². The summed E-state index contributed by atoms with van der Waals surface area (Å²) in [6.45, 7) is 0. The normalized spacial score (nSPS) is 10.7. The largest absolute Gasteiger partial charge is 0.436 e. The predicted molar refractivity (Wildman–Crippen MR) is 98.8 cm³/mol. The molecule has 0 aliphatic heterocycles. The van der Waals surface area contributed by atoms with Crippen LogP contribution >= 0.6 is 12.2 Å². The number of benzene rings is 3. The standard InChI is InChI=1S/C19H14N2O3S/c1-2-8-14(9-3-1)23-24-25-21-16-11-5-4-10-15(16)19-20-17-12-6-7-13-18(17)22-19/h1-13,21H. The van der Waals surface area contributed by atoms with Crippen molar-refractivity contribution in [3.8, 4) is 17.2 Å². The number of hydrogen-bond donors (Lipinski definition) is 1. The van der Waals surface area contributed by atoms with E-state index in [0.29, 0.717) is 11.6 Å². The van der Waals surface area contributed by atoms with Crippen LogP contribution in [0.15, 0.2) is 83.3 Å². The molecular formula is C19H14N2O3S. The van der Waals surface area contributed by atoms with E-state index in [1.807, 2.05) is 78.9 Å². The Morgan fingerprint density at radius 3 is 2.48 bits per heavy atom. The minimum Gasteiger partial charge on any atom is -0.436 e. The molecule has 0 radical (unpaired) electrons. The molecule has 0 fully saturated rings. The van der Waals surface area contributed by atoms with Crippen molar-refractivity contribution in [3.05, 3.63) is 78.9 Å². The van der Waals surface area contributed by atoms with Crippen LogP contribution in [0.3, 0.4) is 0 Å². The lowest BCUT2D eigenvalue weighted by Crippen LogP contribution is -1.95. The van der Waals surface area contributed by atoms with E-state index in [-0.39, 0.29) is 0 Å². The first-order chi connectivity index (χ1) is 12.4. The van der Waals surface area contributed by atoms with Gasteiger partial charge in [-0.3, -0.25) is 0 Å². The van der Waals surface area contributed by atoms with E-state index in [2.05, 4.69) is 9.71 Å². The highest BCUT2D eigenvalue weighted by Gasteiger charge is 2.12. The van der Waals surface area contributed by atoms with Gasteiger partial charge in [-0.2, -0.15) is 0 Å². The van der Waals surface area contributed by atoms with Gasteiger partial charge in [0.25, 0.3) is 0 Å². The smallest absolute Gasteiger partial charge is 0.229 e. The predicted octanol–water partition coefficient (Wildman–Crippen LogP) is 5.48. The second-order valence-corrected chi connectivity index (χ2v) is 5.69. The van der Waals surface area contributed by atoms with Crippen molar-refractivity contribution in [1.82, 2.24) is 4.98 Å². The Hall–Kier alpha value is -2.96. The topological polar surface area (TPSA) is 56.5 Å². The summed E-state index contributed by atoms with van der Waals surface area (Å²) in [4.78, 5) is 9.71. The number of fused-ring (bicyclic) bond motifs is 1. The number of para-hydroxylation sites is 4. The van der Waals surface area contributed by atoms with Gasteiger partial charge < -0.3 is 14.0 Å². The Bertz CT molecular complexity index is 940. The molecule has 1 heterocycles. The molecule has 6 heteroatoms. The number of anilines is 1. The van der Waals surface area contributed by atoms with Crippen LogP contribution in [0.25, 0.3) is 22.6 Å². The van der Waals surface area contributed by atoms with Gasteiger partial charge in [0.15, 0.2) is 23.6 Å². The average Bonchev–Trinajstić information content (AvgIpc) is 3.10. The van der Waals surface area contributed by atoms with Gasteiger partial charge in [-0.15, -0.1) is 0 Å². The minimum atomic E-state index is 0.550. The zero-order chi connectivity index (χ0) is 16.9. The number of aromatic nitrogens is 1. The molecule has 5 nitrogen and oxygen atoms in total. The molecule has 0 saturated heterocycles. The lowest BCUT2D eigenvalue weighted by molar-refractivity contribution is -0.0771. The molecule has 4 rings (SSSR count). The van der Waals surface area contributed by atoms with Gasteiger partial charge in [0, 0.05) is 0 Å². The third-order valence-corrected chi connectivity index (χ3v) is 3.95. The molecule has 1 aromatic heterocycles. The fourth-order valence-electron chi connectivity index (χ4n) is 2.34. The molecule has 0 saturated carbocycles. The molecule has 25 heavy (non-hydrogen) atoms. The van der Waals surface area contributed by atoms with Crippen LogP contribution < -0.4 is 9.61 Å². The van der Waals surface area contributed by atoms with E-state index in [9.17, 15) is 0 Å². The van der Waals surface area contributed by atoms with Gasteiger partial charge in [0.05, 0.1) is 11.3 Å². The van der Waals surface area contributed by atoms with Crippen molar-refractivity contribution in [2.24, 2.45) is 0 Å². The third-order valence-electron chi connectivity index (χ3n) is 3.51. The monoisotopic (exact) mass is 350 g/mol. The summed E-state index contributed by atoms with van der Waals surface area (Å²) in [7, 11) is 0. The van der Waals surface area contributed by atoms with Crippen LogP contribution in [-0.4, -0.2) is 4.98 Å². The molecule has 0 aliphatic carbocycles. The van der Waals surface area contributed by atoms with Crippen molar-refractivity contribution >= 4 is 29.0 Å². The van der Waals surface area contributed by atoms with Crippen molar-refractivity contribution in [2.45, 2.75) is 0 Å². The quantitative estimate of drug-likeness (QED) is 0.163. The Labute approximate surface area is 148 Å². The van der Waals surface area contributed by atoms with E-state index in [1.165, 1.54) is 0 Å². The first kappa shape index (κ1) is 15.6. The Balaban J connectivity index is 1.47. The van der Waals surface area contributed by atoms with Gasteiger partial charge >= 0.3 is 0 Å². The minimum absolute atomic E-state index is 0.550. The van der Waals surface area contributed by atoms with Crippen molar-refractivity contribution in [2.75, 3.05) is 4.72 Å². The van der Waals surface area contributed by atoms with E-state index in [4.69, 9.17) is 13.6 Å². The lowest BCUT2D eigenvalue weighted by atomic mass is 10.2. The summed E-state index contributed by atoms with van der Waals surface area (Å²) < 4.78 is 14.1. The number of nitrogens with one attached hydrogen (secondary N) is 1. The number of nitrogens with zero attached hydrogens (tertiary/aromatic N) is 1. The molecule has 0 atom stereocenters. The average molecular weight is 350 g/mol. The summed E-state index contributed by atoms with van der Waals surface area (Å²) in [5.74, 6) is 1.18. The number of oxazole rings is 1. The van der Waals surface area contributed by atoms with Gasteiger partial charge in [0.2, 0.25) is 5.89 Å². The SMILES string of the molecule is c1ccc(OOSNc2ccccc2-c2nc3ccccc3o2)cc1. The zero-order valence-electron chi connectivity index (χ0n) is 13.1. The van der Waals surface area contributed by atoms with Crippen molar-refractivity contribution in [1.29, 1.82) is 0 Å². The fraction of sp³-hybridized carbons (Fsp3) is 0. The van der Waals surface area contributed by atoms with E-state index >= 15 is 0 Å². The molecule has 124 valence electrons. The van der Waals surface area contributed by atoms with Crippen LogP contribution in [0.1, 0.15) is 0 Å². The second kappa shape index (κ2) is 7.29. The van der Waals surface area contributed by atoms with Crippen LogP contribution in [0.2, 0.25) is 0 Å². The first-order valence-corrected chi connectivity index (χ1v) is 8.40. The maximum absolute atomic E-state index is 5.84. The summed E-state index contributed by atoms with van der Waals surface area (Å²) in [6.07, 6.45) is 0. The fourth-order valence-corrected chi connectivity index (χ4v) is 2.75. The van der Waals surface area contributed by atoms with Gasteiger partial charge in [-0.05, 0) is 36.4 Å². The van der Waals surface area contributed by atoms with Gasteiger partial charge in [-0.1, -0.05) is 46.8 Å². The second-order valence-electron chi connectivity index (χ2n) is 5.18. The van der Waals surface area contributed by atoms with E-state index < -0.39 is 0 Å². The van der Waals surface area contributed by atoms with Crippen molar-refractivity contribution in [3.63, 3.8) is 0 Å². The third kappa shape index (κ3) is 3.60. The maximum atomic E-state index is 5.84. The van der Waals surface area contributed by atoms with Gasteiger partial charge in [0.1, 0.15) is 5.52 Å². The molecule has 1 N–H and O–H groups in total. The molecule has 3 aromatic carbocycles. The maximum Gasteiger partial charge on any atom is 0.229 e. The van der Waals surface area contributed by atoms with Crippen molar-refractivity contribution < 1.29 is 13.6 Å². The molecule has 0 unspecified atom stereocenters. The lowest BCUT2D eigenvalue weighted by Gasteiger charge is -2.08. The Kier molecular flexibility index (Phi) is 4.54. The molecular weight excluding hydrogens is 336 g/mol. The summed E-state index contributed by atoms with van der Waals surface area (Å²) in [5, 5.41) is 0. The highest BCUT2D eigenvalue weighted by Crippen LogP contribution is 2.31. The molecule has 0 bridgehead atoms. The summed E-state index contributed by atoms with van der Waals surface area (Å²) in [5.41, 5.74) is 3.23. The highest BCUT2D eigenvalue weighted by atomic mass is 32.2. The molecule has 0 aliphatic rings.